The molecule has 150 valence electrons. The molecule has 0 saturated carbocycles. The highest BCUT2D eigenvalue weighted by molar-refractivity contribution is 6.46. The summed E-state index contributed by atoms with van der Waals surface area (Å²) in [6.07, 6.45) is 0. The molecule has 0 aromatic heterocycles. The molecule has 0 bridgehead atoms. The summed E-state index contributed by atoms with van der Waals surface area (Å²) < 4.78 is 13.5. The van der Waals surface area contributed by atoms with Crippen LogP contribution in [0.4, 0.5) is 15.8 Å². The normalized spacial score (nSPS) is 13.9. The Morgan fingerprint density at radius 3 is 2.07 bits per heavy atom. The molecule has 0 unspecified atom stereocenters. The molecule has 0 radical (unpaired) electrons. The van der Waals surface area contributed by atoms with Crippen molar-refractivity contribution in [2.75, 3.05) is 16.3 Å². The summed E-state index contributed by atoms with van der Waals surface area (Å²) in [4.78, 5) is 30.1. The lowest BCUT2D eigenvalue weighted by atomic mass is 10.0. The van der Waals surface area contributed by atoms with E-state index in [0.717, 1.165) is 11.3 Å². The molecular formula is C25H21FN2O2. The van der Waals surface area contributed by atoms with Crippen LogP contribution in [0.25, 0.3) is 5.57 Å². The molecular weight excluding hydrogens is 379 g/mol. The minimum atomic E-state index is -0.417. The van der Waals surface area contributed by atoms with Crippen LogP contribution >= 0.6 is 0 Å². The maximum Gasteiger partial charge on any atom is 0.282 e. The van der Waals surface area contributed by atoms with Crippen molar-refractivity contribution in [3.63, 3.8) is 0 Å². The zero-order valence-corrected chi connectivity index (χ0v) is 16.8. The first-order chi connectivity index (χ1) is 14.5. The molecule has 2 amide bonds. The average molecular weight is 400 g/mol. The van der Waals surface area contributed by atoms with Crippen LogP contribution in [-0.4, -0.2) is 18.4 Å². The third kappa shape index (κ3) is 3.39. The highest BCUT2D eigenvalue weighted by Gasteiger charge is 2.42. The van der Waals surface area contributed by atoms with Gasteiger partial charge in [-0.1, -0.05) is 48.0 Å². The minimum Gasteiger partial charge on any atom is -0.337 e. The van der Waals surface area contributed by atoms with Crippen molar-refractivity contribution < 1.29 is 14.0 Å². The monoisotopic (exact) mass is 400 g/mol. The predicted octanol–water partition coefficient (Wildman–Crippen LogP) is 4.95. The molecule has 3 aromatic rings. The van der Waals surface area contributed by atoms with Crippen LogP contribution in [0, 0.1) is 12.7 Å². The molecule has 0 spiro atoms. The number of anilines is 2. The number of likely N-dealkylation sites (N-methyl/N-ethyl adjacent to an activating group) is 1. The van der Waals surface area contributed by atoms with Gasteiger partial charge in [-0.05, 0) is 55.8 Å². The summed E-state index contributed by atoms with van der Waals surface area (Å²) in [6, 6.07) is 22.4. The summed E-state index contributed by atoms with van der Waals surface area (Å²) in [5, 5.41) is 0. The summed E-state index contributed by atoms with van der Waals surface area (Å²) in [7, 11) is 0. The fourth-order valence-corrected chi connectivity index (χ4v) is 3.65. The van der Waals surface area contributed by atoms with Gasteiger partial charge in [-0.25, -0.2) is 9.29 Å². The molecule has 0 N–H and O–H groups in total. The second-order valence-corrected chi connectivity index (χ2v) is 7.09. The molecule has 0 atom stereocenters. The van der Waals surface area contributed by atoms with Gasteiger partial charge in [0, 0.05) is 12.2 Å². The molecule has 0 aliphatic carbocycles. The zero-order chi connectivity index (χ0) is 21.3. The van der Waals surface area contributed by atoms with Crippen molar-refractivity contribution in [1.82, 2.24) is 0 Å². The van der Waals surface area contributed by atoms with E-state index in [1.165, 1.54) is 29.2 Å². The second kappa shape index (κ2) is 7.95. The largest absolute Gasteiger partial charge is 0.337 e. The summed E-state index contributed by atoms with van der Waals surface area (Å²) >= 11 is 0. The van der Waals surface area contributed by atoms with Gasteiger partial charge in [-0.2, -0.15) is 0 Å². The van der Waals surface area contributed by atoms with Crippen LogP contribution in [0.3, 0.4) is 0 Å². The van der Waals surface area contributed by atoms with Crippen LogP contribution in [0.2, 0.25) is 0 Å². The molecule has 1 heterocycles. The Balaban J connectivity index is 1.90. The number of hydrogen-bond acceptors (Lipinski definition) is 3. The van der Waals surface area contributed by atoms with E-state index in [1.807, 2.05) is 61.2 Å². The number of carbonyl (C=O) groups excluding carboxylic acids is 2. The third-order valence-corrected chi connectivity index (χ3v) is 5.14. The van der Waals surface area contributed by atoms with Crippen molar-refractivity contribution in [2.24, 2.45) is 0 Å². The summed E-state index contributed by atoms with van der Waals surface area (Å²) in [5.41, 5.74) is 3.42. The molecule has 4 rings (SSSR count). The van der Waals surface area contributed by atoms with Gasteiger partial charge >= 0.3 is 0 Å². The van der Waals surface area contributed by atoms with Crippen LogP contribution < -0.4 is 9.80 Å². The molecule has 1 aliphatic heterocycles. The molecule has 30 heavy (non-hydrogen) atoms. The first-order valence-electron chi connectivity index (χ1n) is 9.79. The van der Waals surface area contributed by atoms with E-state index >= 15 is 0 Å². The van der Waals surface area contributed by atoms with Gasteiger partial charge < -0.3 is 4.90 Å². The van der Waals surface area contributed by atoms with Crippen molar-refractivity contribution in [3.05, 3.63) is 102 Å². The minimum absolute atomic E-state index is 0.270. The smallest absolute Gasteiger partial charge is 0.282 e. The first-order valence-corrected chi connectivity index (χ1v) is 9.79. The first kappa shape index (κ1) is 19.6. The van der Waals surface area contributed by atoms with Gasteiger partial charge in [-0.15, -0.1) is 0 Å². The van der Waals surface area contributed by atoms with Gasteiger partial charge in [0.2, 0.25) is 0 Å². The lowest BCUT2D eigenvalue weighted by Crippen LogP contribution is -2.35. The fraction of sp³-hybridized carbons (Fsp3) is 0.120. The Morgan fingerprint density at radius 2 is 1.47 bits per heavy atom. The number of benzene rings is 3. The number of carbonyl (C=O) groups is 2. The Labute approximate surface area is 174 Å². The number of amides is 2. The Bertz CT molecular complexity index is 1120. The average Bonchev–Trinajstić information content (AvgIpc) is 3.01. The van der Waals surface area contributed by atoms with Crippen molar-refractivity contribution >= 4 is 28.8 Å². The predicted molar refractivity (Wildman–Crippen MR) is 116 cm³/mol. The van der Waals surface area contributed by atoms with Gasteiger partial charge in [-0.3, -0.25) is 9.59 Å². The number of halogens is 1. The van der Waals surface area contributed by atoms with Gasteiger partial charge in [0.25, 0.3) is 11.8 Å². The van der Waals surface area contributed by atoms with Crippen molar-refractivity contribution in [3.8, 4) is 0 Å². The molecule has 3 aromatic carbocycles. The van der Waals surface area contributed by atoms with E-state index in [2.05, 4.69) is 0 Å². The maximum absolute atomic E-state index is 13.6. The van der Waals surface area contributed by atoms with E-state index in [4.69, 9.17) is 0 Å². The van der Waals surface area contributed by atoms with Crippen molar-refractivity contribution in [2.45, 2.75) is 13.8 Å². The van der Waals surface area contributed by atoms with Gasteiger partial charge in [0.15, 0.2) is 0 Å². The lowest BCUT2D eigenvalue weighted by molar-refractivity contribution is -0.120. The molecule has 0 saturated heterocycles. The Kier molecular flexibility index (Phi) is 5.19. The van der Waals surface area contributed by atoms with Gasteiger partial charge in [0.1, 0.15) is 11.5 Å². The lowest BCUT2D eigenvalue weighted by Gasteiger charge is -2.25. The standard InChI is InChI=1S/C25H21FN2O2/c1-3-27(20-7-5-4-6-8-20)23-22(18-11-13-19(26)14-12-18)24(29)28(25(23)30)21-15-9-17(2)10-16-21/h4-16H,3H2,1-2H3. The number of hydrogen-bond donors (Lipinski definition) is 0. The van der Waals surface area contributed by atoms with E-state index in [0.29, 0.717) is 23.5 Å². The molecule has 5 heteroatoms. The van der Waals surface area contributed by atoms with Crippen LogP contribution in [0.15, 0.2) is 84.6 Å². The molecule has 1 aliphatic rings. The van der Waals surface area contributed by atoms with Crippen LogP contribution in [0.5, 0.6) is 0 Å². The molecule has 4 nitrogen and oxygen atoms in total. The number of para-hydroxylation sites is 1. The summed E-state index contributed by atoms with van der Waals surface area (Å²) in [6.45, 7) is 4.36. The molecule has 0 fully saturated rings. The Hall–Kier alpha value is -3.73. The number of nitrogens with zero attached hydrogens (tertiary/aromatic N) is 2. The van der Waals surface area contributed by atoms with Gasteiger partial charge in [0.05, 0.1) is 11.3 Å². The van der Waals surface area contributed by atoms with E-state index in [1.54, 1.807) is 12.1 Å². The summed E-state index contributed by atoms with van der Waals surface area (Å²) in [5.74, 6) is -1.21. The van der Waals surface area contributed by atoms with E-state index in [9.17, 15) is 14.0 Å². The number of imide groups is 1. The highest BCUT2D eigenvalue weighted by atomic mass is 19.1. The maximum atomic E-state index is 13.6. The zero-order valence-electron chi connectivity index (χ0n) is 16.8. The topological polar surface area (TPSA) is 40.6 Å². The second-order valence-electron chi connectivity index (χ2n) is 7.09. The van der Waals surface area contributed by atoms with E-state index < -0.39 is 17.6 Å². The van der Waals surface area contributed by atoms with Crippen LogP contribution in [0.1, 0.15) is 18.1 Å². The van der Waals surface area contributed by atoms with E-state index in [-0.39, 0.29) is 5.57 Å². The van der Waals surface area contributed by atoms with Crippen molar-refractivity contribution in [1.29, 1.82) is 0 Å². The SMILES string of the molecule is CCN(C1=C(c2ccc(F)cc2)C(=O)N(c2ccc(C)cc2)C1=O)c1ccccc1. The fourth-order valence-electron chi connectivity index (χ4n) is 3.65. The third-order valence-electron chi connectivity index (χ3n) is 5.14. The number of aryl methyl sites for hydroxylation is 1. The van der Waals surface area contributed by atoms with Crippen LogP contribution in [-0.2, 0) is 9.59 Å². The Morgan fingerprint density at radius 1 is 0.833 bits per heavy atom. The highest BCUT2D eigenvalue weighted by Crippen LogP contribution is 2.36. The number of rotatable bonds is 5. The quantitative estimate of drug-likeness (QED) is 0.569.